The summed E-state index contributed by atoms with van der Waals surface area (Å²) in [7, 11) is -3.11. The van der Waals surface area contributed by atoms with Crippen molar-refractivity contribution in [1.82, 2.24) is 4.90 Å². The van der Waals surface area contributed by atoms with Gasteiger partial charge in [-0.15, -0.1) is 0 Å². The van der Waals surface area contributed by atoms with Gasteiger partial charge in [-0.25, -0.2) is 17.2 Å². The smallest absolute Gasteiger partial charge is 0.242 e. The van der Waals surface area contributed by atoms with Gasteiger partial charge in [-0.3, -0.25) is 4.79 Å². The van der Waals surface area contributed by atoms with Gasteiger partial charge in [0.2, 0.25) is 5.91 Å². The number of rotatable bonds is 6. The predicted molar refractivity (Wildman–Crippen MR) is 105 cm³/mol. The molecule has 8 heteroatoms. The van der Waals surface area contributed by atoms with Crippen molar-refractivity contribution in [1.29, 1.82) is 0 Å². The topological polar surface area (TPSA) is 57.7 Å². The van der Waals surface area contributed by atoms with Crippen LogP contribution >= 0.6 is 0 Å². The van der Waals surface area contributed by atoms with E-state index in [-0.39, 0.29) is 36.0 Å². The molecule has 1 aliphatic carbocycles. The normalized spacial score (nSPS) is 22.2. The van der Waals surface area contributed by atoms with Crippen LogP contribution in [0.25, 0.3) is 0 Å². The van der Waals surface area contributed by atoms with E-state index >= 15 is 0 Å². The molecule has 2 fully saturated rings. The molecule has 1 saturated heterocycles. The molecule has 0 bridgehead atoms. The molecule has 1 aromatic rings. The van der Waals surface area contributed by atoms with Gasteiger partial charge in [0.25, 0.3) is 0 Å². The minimum absolute atomic E-state index is 0.0204. The predicted octanol–water partition coefficient (Wildman–Crippen LogP) is 3.14. The lowest BCUT2D eigenvalue weighted by atomic mass is 9.92. The average molecular weight is 415 g/mol. The minimum atomic E-state index is -3.11. The first-order valence-corrected chi connectivity index (χ1v) is 11.8. The Morgan fingerprint density at radius 3 is 2.36 bits per heavy atom. The Kier molecular flexibility index (Phi) is 6.58. The zero-order valence-corrected chi connectivity index (χ0v) is 17.1. The number of likely N-dealkylation sites (N-methyl/N-ethyl adjacent to an activating group) is 1. The Morgan fingerprint density at radius 2 is 1.79 bits per heavy atom. The molecule has 0 radical (unpaired) electrons. The number of nitrogens with zero attached hydrogens (tertiary/aromatic N) is 2. The molecule has 1 aliphatic heterocycles. The van der Waals surface area contributed by atoms with E-state index in [1.54, 1.807) is 9.80 Å². The van der Waals surface area contributed by atoms with Crippen molar-refractivity contribution in [3.05, 3.63) is 29.8 Å². The molecule has 3 rings (SSSR count). The maximum atomic E-state index is 13.6. The molecule has 1 atom stereocenters. The first-order chi connectivity index (χ1) is 13.3. The van der Waals surface area contributed by atoms with Gasteiger partial charge in [0.1, 0.15) is 0 Å². The van der Waals surface area contributed by atoms with Crippen LogP contribution in [0.5, 0.6) is 0 Å². The maximum absolute atomic E-state index is 13.6. The number of hydrogen-bond acceptors (Lipinski definition) is 4. The van der Waals surface area contributed by atoms with Crippen LogP contribution in [-0.4, -0.2) is 55.9 Å². The summed E-state index contributed by atoms with van der Waals surface area (Å²) in [6.07, 6.45) is 5.46. The fraction of sp³-hybridized carbons (Fsp3) is 0.650. The van der Waals surface area contributed by atoms with E-state index < -0.39 is 21.5 Å². The van der Waals surface area contributed by atoms with Crippen molar-refractivity contribution < 1.29 is 22.0 Å². The van der Waals surface area contributed by atoms with Gasteiger partial charge in [-0.2, -0.15) is 0 Å². The van der Waals surface area contributed by atoms with Crippen molar-refractivity contribution >= 4 is 21.4 Å². The molecule has 0 aromatic heterocycles. The fourth-order valence-electron chi connectivity index (χ4n) is 4.37. The summed E-state index contributed by atoms with van der Waals surface area (Å²) in [6.45, 7) is 2.33. The molecule has 2 aliphatic rings. The van der Waals surface area contributed by atoms with Gasteiger partial charge in [0.15, 0.2) is 21.5 Å². The molecule has 5 nitrogen and oxygen atoms in total. The molecule has 156 valence electrons. The molecule has 1 heterocycles. The quantitative estimate of drug-likeness (QED) is 0.718. The molecule has 1 saturated carbocycles. The summed E-state index contributed by atoms with van der Waals surface area (Å²) in [6, 6.07) is 3.38. The van der Waals surface area contributed by atoms with E-state index in [1.165, 1.54) is 6.07 Å². The van der Waals surface area contributed by atoms with E-state index in [2.05, 4.69) is 0 Å². The van der Waals surface area contributed by atoms with E-state index in [4.69, 9.17) is 0 Å². The summed E-state index contributed by atoms with van der Waals surface area (Å²) < 4.78 is 50.9. The number of carbonyl (C=O) groups is 1. The zero-order valence-electron chi connectivity index (χ0n) is 16.2. The van der Waals surface area contributed by atoms with E-state index in [0.717, 1.165) is 44.2 Å². The maximum Gasteiger partial charge on any atom is 0.242 e. The second-order valence-electron chi connectivity index (χ2n) is 7.76. The second kappa shape index (κ2) is 8.76. The molecule has 1 amide bonds. The number of carbonyl (C=O) groups excluding carboxylic acids is 1. The molecular weight excluding hydrogens is 386 g/mol. The second-order valence-corrected chi connectivity index (χ2v) is 9.99. The summed E-state index contributed by atoms with van der Waals surface area (Å²) in [5.41, 5.74) is 0.442. The van der Waals surface area contributed by atoms with E-state index in [9.17, 15) is 22.0 Å². The van der Waals surface area contributed by atoms with Crippen LogP contribution in [0.1, 0.15) is 45.4 Å². The van der Waals surface area contributed by atoms with Crippen LogP contribution in [0, 0.1) is 11.6 Å². The zero-order chi connectivity index (χ0) is 20.3. The number of anilines is 1. The van der Waals surface area contributed by atoms with Gasteiger partial charge in [0.05, 0.1) is 18.1 Å². The number of benzene rings is 1. The highest BCUT2D eigenvalue weighted by Gasteiger charge is 2.38. The standard InChI is InChI=1S/C20H28F2N2O3S/c1-2-23(16-8-9-18(21)19(22)12-16)13-20(25)24(15-6-4-3-5-7-15)17-10-11-28(26,27)14-17/h8-9,12,15,17H,2-7,10-11,13-14H2,1H3. The molecule has 1 aromatic carbocycles. The summed E-state index contributed by atoms with van der Waals surface area (Å²) in [5.74, 6) is -1.87. The van der Waals surface area contributed by atoms with Crippen molar-refractivity contribution in [3.63, 3.8) is 0 Å². The Balaban J connectivity index is 1.80. The molecular formula is C20H28F2N2O3S. The van der Waals surface area contributed by atoms with Crippen molar-refractivity contribution in [2.45, 2.75) is 57.5 Å². The van der Waals surface area contributed by atoms with Gasteiger partial charge in [0, 0.05) is 30.4 Å². The van der Waals surface area contributed by atoms with Crippen LogP contribution < -0.4 is 4.90 Å². The summed E-state index contributed by atoms with van der Waals surface area (Å²) >= 11 is 0. The molecule has 1 unspecified atom stereocenters. The van der Waals surface area contributed by atoms with E-state index in [0.29, 0.717) is 18.7 Å². The Labute approximate surface area is 165 Å². The van der Waals surface area contributed by atoms with Crippen LogP contribution in [0.3, 0.4) is 0 Å². The molecule has 0 spiro atoms. The lowest BCUT2D eigenvalue weighted by Gasteiger charge is -2.39. The van der Waals surface area contributed by atoms with Crippen LogP contribution in [0.4, 0.5) is 14.5 Å². The monoisotopic (exact) mass is 414 g/mol. The van der Waals surface area contributed by atoms with Crippen LogP contribution in [0.2, 0.25) is 0 Å². The average Bonchev–Trinajstić information content (AvgIpc) is 3.02. The highest BCUT2D eigenvalue weighted by molar-refractivity contribution is 7.91. The highest BCUT2D eigenvalue weighted by atomic mass is 32.2. The van der Waals surface area contributed by atoms with Crippen molar-refractivity contribution in [2.75, 3.05) is 29.5 Å². The Hall–Kier alpha value is -1.70. The summed E-state index contributed by atoms with van der Waals surface area (Å²) in [4.78, 5) is 16.8. The molecule has 0 N–H and O–H groups in total. The van der Waals surface area contributed by atoms with Crippen molar-refractivity contribution in [2.24, 2.45) is 0 Å². The molecule has 28 heavy (non-hydrogen) atoms. The Bertz CT molecular complexity index is 810. The Morgan fingerprint density at radius 1 is 1.07 bits per heavy atom. The van der Waals surface area contributed by atoms with Gasteiger partial charge < -0.3 is 9.80 Å². The van der Waals surface area contributed by atoms with E-state index in [1.807, 2.05) is 6.92 Å². The number of hydrogen-bond donors (Lipinski definition) is 0. The van der Waals surface area contributed by atoms with Crippen LogP contribution in [0.15, 0.2) is 18.2 Å². The first-order valence-electron chi connectivity index (χ1n) is 10.0. The third-order valence-electron chi connectivity index (χ3n) is 5.83. The lowest BCUT2D eigenvalue weighted by Crippen LogP contribution is -2.52. The SMILES string of the molecule is CCN(CC(=O)N(C1CCCCC1)C1CCS(=O)(=O)C1)c1ccc(F)c(F)c1. The van der Waals surface area contributed by atoms with Gasteiger partial charge >= 0.3 is 0 Å². The van der Waals surface area contributed by atoms with Gasteiger partial charge in [-0.1, -0.05) is 19.3 Å². The fourth-order valence-corrected chi connectivity index (χ4v) is 6.08. The largest absolute Gasteiger partial charge is 0.362 e. The third kappa shape index (κ3) is 4.82. The summed E-state index contributed by atoms with van der Waals surface area (Å²) in [5, 5.41) is 0. The first kappa shape index (κ1) is 21.0. The minimum Gasteiger partial charge on any atom is -0.362 e. The number of amides is 1. The van der Waals surface area contributed by atoms with Gasteiger partial charge in [-0.05, 0) is 38.3 Å². The number of halogens is 2. The lowest BCUT2D eigenvalue weighted by molar-refractivity contribution is -0.135. The van der Waals surface area contributed by atoms with Crippen molar-refractivity contribution in [3.8, 4) is 0 Å². The van der Waals surface area contributed by atoms with Crippen LogP contribution in [-0.2, 0) is 14.6 Å². The number of sulfone groups is 1. The third-order valence-corrected chi connectivity index (χ3v) is 7.58. The highest BCUT2D eigenvalue weighted by Crippen LogP contribution is 2.29.